The molecule has 0 N–H and O–H groups in total. The Morgan fingerprint density at radius 3 is 1.40 bits per heavy atom. The second kappa shape index (κ2) is 8.66. The Hall–Kier alpha value is -3.85. The zero-order valence-corrected chi connectivity index (χ0v) is 17.0. The van der Waals surface area contributed by atoms with E-state index in [1.54, 1.807) is 19.2 Å². The van der Waals surface area contributed by atoms with Crippen molar-refractivity contribution >= 4 is 5.97 Å². The van der Waals surface area contributed by atoms with Gasteiger partial charge in [-0.25, -0.2) is 4.79 Å². The van der Waals surface area contributed by atoms with E-state index in [0.29, 0.717) is 11.3 Å². The van der Waals surface area contributed by atoms with Crippen LogP contribution in [0.1, 0.15) is 15.9 Å². The van der Waals surface area contributed by atoms with Gasteiger partial charge in [0.25, 0.3) is 0 Å². The number of hydrogen-bond donors (Lipinski definition) is 0. The van der Waals surface area contributed by atoms with Crippen LogP contribution in [-0.2, 0) is 0 Å². The minimum absolute atomic E-state index is 0.355. The molecular formula is C27H22O3. The van der Waals surface area contributed by atoms with Crippen LogP contribution >= 0.6 is 0 Å². The fourth-order valence-electron chi connectivity index (χ4n) is 3.21. The number of carbonyl (C=O) groups is 1. The van der Waals surface area contributed by atoms with Crippen LogP contribution < -0.4 is 9.47 Å². The van der Waals surface area contributed by atoms with Crippen molar-refractivity contribution < 1.29 is 14.3 Å². The van der Waals surface area contributed by atoms with Gasteiger partial charge in [0.15, 0.2) is 0 Å². The summed E-state index contributed by atoms with van der Waals surface area (Å²) in [6.07, 6.45) is 0. The summed E-state index contributed by atoms with van der Waals surface area (Å²) in [4.78, 5) is 12.3. The molecule has 4 aromatic carbocycles. The molecule has 4 aromatic rings. The number of esters is 1. The number of methoxy groups -OCH3 is 1. The van der Waals surface area contributed by atoms with Gasteiger partial charge in [-0.05, 0) is 65.6 Å². The van der Waals surface area contributed by atoms with Gasteiger partial charge in [-0.15, -0.1) is 0 Å². The average Bonchev–Trinajstić information content (AvgIpc) is 2.80. The van der Waals surface area contributed by atoms with Crippen LogP contribution in [0.25, 0.3) is 22.3 Å². The molecule has 4 rings (SSSR count). The molecule has 3 heteroatoms. The molecule has 0 saturated heterocycles. The van der Waals surface area contributed by atoms with Crippen molar-refractivity contribution in [2.24, 2.45) is 0 Å². The van der Waals surface area contributed by atoms with E-state index in [1.165, 1.54) is 0 Å². The molecule has 0 radical (unpaired) electrons. The third kappa shape index (κ3) is 4.41. The van der Waals surface area contributed by atoms with Crippen molar-refractivity contribution in [3.05, 3.63) is 108 Å². The van der Waals surface area contributed by atoms with Gasteiger partial charge in [-0.3, -0.25) is 0 Å². The zero-order valence-electron chi connectivity index (χ0n) is 17.0. The van der Waals surface area contributed by atoms with Crippen LogP contribution in [-0.4, -0.2) is 13.1 Å². The number of aryl methyl sites for hydroxylation is 1. The van der Waals surface area contributed by atoms with Gasteiger partial charge < -0.3 is 9.47 Å². The van der Waals surface area contributed by atoms with Gasteiger partial charge in [0.2, 0.25) is 0 Å². The minimum atomic E-state index is -0.355. The molecule has 0 aliphatic carbocycles. The quantitative estimate of drug-likeness (QED) is 0.284. The summed E-state index contributed by atoms with van der Waals surface area (Å²) in [5.74, 6) is 1.02. The molecule has 0 aliphatic rings. The van der Waals surface area contributed by atoms with Crippen molar-refractivity contribution in [2.75, 3.05) is 7.11 Å². The standard InChI is InChI=1S/C27H22O3/c1-19-3-5-24(6-4-19)27(28)30-26-17-13-23(14-18-26)21-9-7-20(8-10-21)22-11-15-25(29-2)16-12-22/h3-18H,1-2H3. The molecule has 3 nitrogen and oxygen atoms in total. The van der Waals surface area contributed by atoms with E-state index < -0.39 is 0 Å². The normalized spacial score (nSPS) is 10.5. The first-order valence-electron chi connectivity index (χ1n) is 9.76. The predicted molar refractivity (Wildman–Crippen MR) is 120 cm³/mol. The number of carbonyl (C=O) groups excluding carboxylic acids is 1. The molecule has 148 valence electrons. The van der Waals surface area contributed by atoms with Crippen LogP contribution in [0.15, 0.2) is 97.1 Å². The Morgan fingerprint density at radius 1 is 0.567 bits per heavy atom. The average molecular weight is 394 g/mol. The summed E-state index contributed by atoms with van der Waals surface area (Å²) in [6, 6.07) is 31.3. The molecule has 0 spiro atoms. The molecule has 0 aliphatic heterocycles. The fourth-order valence-corrected chi connectivity index (χ4v) is 3.21. The van der Waals surface area contributed by atoms with E-state index in [-0.39, 0.29) is 5.97 Å². The van der Waals surface area contributed by atoms with Crippen molar-refractivity contribution in [3.63, 3.8) is 0 Å². The lowest BCUT2D eigenvalue weighted by atomic mass is 10.0. The van der Waals surface area contributed by atoms with Crippen molar-refractivity contribution in [1.82, 2.24) is 0 Å². The lowest BCUT2D eigenvalue weighted by Crippen LogP contribution is -2.08. The molecule has 0 aromatic heterocycles. The van der Waals surface area contributed by atoms with Gasteiger partial charge >= 0.3 is 5.97 Å². The largest absolute Gasteiger partial charge is 0.497 e. The Morgan fingerprint density at radius 2 is 0.967 bits per heavy atom. The second-order valence-electron chi connectivity index (χ2n) is 7.09. The topological polar surface area (TPSA) is 35.5 Å². The number of hydrogen-bond acceptors (Lipinski definition) is 3. The molecule has 0 atom stereocenters. The van der Waals surface area contributed by atoms with E-state index in [1.807, 2.05) is 67.6 Å². The third-order valence-corrected chi connectivity index (χ3v) is 4.99. The van der Waals surface area contributed by atoms with Gasteiger partial charge in [0.1, 0.15) is 11.5 Å². The van der Waals surface area contributed by atoms with E-state index in [9.17, 15) is 4.79 Å². The lowest BCUT2D eigenvalue weighted by molar-refractivity contribution is 0.0735. The smallest absolute Gasteiger partial charge is 0.343 e. The summed E-state index contributed by atoms with van der Waals surface area (Å²) in [6.45, 7) is 1.98. The molecule has 0 heterocycles. The highest BCUT2D eigenvalue weighted by Crippen LogP contribution is 2.27. The lowest BCUT2D eigenvalue weighted by Gasteiger charge is -2.08. The van der Waals surface area contributed by atoms with Gasteiger partial charge in [0, 0.05) is 0 Å². The van der Waals surface area contributed by atoms with E-state index in [0.717, 1.165) is 33.6 Å². The first kappa shape index (κ1) is 19.5. The van der Waals surface area contributed by atoms with E-state index in [4.69, 9.17) is 9.47 Å². The second-order valence-corrected chi connectivity index (χ2v) is 7.09. The van der Waals surface area contributed by atoms with Gasteiger partial charge in [-0.2, -0.15) is 0 Å². The molecular weight excluding hydrogens is 372 g/mol. The summed E-state index contributed by atoms with van der Waals surface area (Å²) in [5.41, 5.74) is 6.09. The molecule has 30 heavy (non-hydrogen) atoms. The monoisotopic (exact) mass is 394 g/mol. The fraction of sp³-hybridized carbons (Fsp3) is 0.0741. The summed E-state index contributed by atoms with van der Waals surface area (Å²) >= 11 is 0. The molecule has 0 bridgehead atoms. The highest BCUT2D eigenvalue weighted by Gasteiger charge is 2.08. The summed E-state index contributed by atoms with van der Waals surface area (Å²) < 4.78 is 10.7. The Labute approximate surface area is 176 Å². The maximum atomic E-state index is 12.3. The number of benzene rings is 4. The Kier molecular flexibility index (Phi) is 5.62. The van der Waals surface area contributed by atoms with Crippen molar-refractivity contribution in [2.45, 2.75) is 6.92 Å². The van der Waals surface area contributed by atoms with E-state index >= 15 is 0 Å². The van der Waals surface area contributed by atoms with Crippen molar-refractivity contribution in [3.8, 4) is 33.8 Å². The number of rotatable bonds is 5. The Balaban J connectivity index is 1.45. The third-order valence-electron chi connectivity index (χ3n) is 4.99. The summed E-state index contributed by atoms with van der Waals surface area (Å²) in [7, 11) is 1.67. The van der Waals surface area contributed by atoms with Gasteiger partial charge in [-0.1, -0.05) is 66.2 Å². The van der Waals surface area contributed by atoms with Crippen LogP contribution in [0.4, 0.5) is 0 Å². The van der Waals surface area contributed by atoms with Gasteiger partial charge in [0.05, 0.1) is 12.7 Å². The van der Waals surface area contributed by atoms with Crippen LogP contribution in [0.3, 0.4) is 0 Å². The molecule has 0 saturated carbocycles. The highest BCUT2D eigenvalue weighted by molar-refractivity contribution is 5.91. The van der Waals surface area contributed by atoms with E-state index in [2.05, 4.69) is 24.3 Å². The SMILES string of the molecule is COc1ccc(-c2ccc(-c3ccc(OC(=O)c4ccc(C)cc4)cc3)cc2)cc1. The molecule has 0 fully saturated rings. The first-order chi connectivity index (χ1) is 14.6. The van der Waals surface area contributed by atoms with Crippen molar-refractivity contribution in [1.29, 1.82) is 0 Å². The first-order valence-corrected chi connectivity index (χ1v) is 9.76. The number of ether oxygens (including phenoxy) is 2. The van der Waals surface area contributed by atoms with Crippen LogP contribution in [0.2, 0.25) is 0 Å². The zero-order chi connectivity index (χ0) is 20.9. The molecule has 0 unspecified atom stereocenters. The molecule has 0 amide bonds. The minimum Gasteiger partial charge on any atom is -0.497 e. The Bertz CT molecular complexity index is 1120. The predicted octanol–water partition coefficient (Wildman–Crippen LogP) is 6.56. The highest BCUT2D eigenvalue weighted by atomic mass is 16.5. The maximum Gasteiger partial charge on any atom is 0.343 e. The maximum absolute atomic E-state index is 12.3. The summed E-state index contributed by atoms with van der Waals surface area (Å²) in [5, 5.41) is 0. The van der Waals surface area contributed by atoms with Crippen LogP contribution in [0, 0.1) is 6.92 Å². The van der Waals surface area contributed by atoms with Crippen LogP contribution in [0.5, 0.6) is 11.5 Å².